The summed E-state index contributed by atoms with van der Waals surface area (Å²) in [6.07, 6.45) is 1.49. The lowest BCUT2D eigenvalue weighted by atomic mass is 9.99. The highest BCUT2D eigenvalue weighted by Crippen LogP contribution is 2.36. The van der Waals surface area contributed by atoms with E-state index >= 15 is 0 Å². The number of ether oxygens (including phenoxy) is 3. The van der Waals surface area contributed by atoms with Crippen molar-refractivity contribution < 1.29 is 24.1 Å². The Hall–Kier alpha value is -0.650. The van der Waals surface area contributed by atoms with E-state index in [2.05, 4.69) is 0 Å². The van der Waals surface area contributed by atoms with Crippen LogP contribution in [0.4, 0.5) is 0 Å². The topological polar surface area (TPSA) is 65.0 Å². The molecule has 2 heterocycles. The van der Waals surface area contributed by atoms with E-state index in [1.807, 2.05) is 6.92 Å². The Morgan fingerprint density at radius 2 is 2.31 bits per heavy atom. The van der Waals surface area contributed by atoms with Crippen molar-refractivity contribution in [1.82, 2.24) is 0 Å². The summed E-state index contributed by atoms with van der Waals surface area (Å²) in [7, 11) is 0. The minimum Gasteiger partial charge on any atom is -0.481 e. The summed E-state index contributed by atoms with van der Waals surface area (Å²) in [6, 6.07) is 0. The Bertz CT molecular complexity index is 261. The van der Waals surface area contributed by atoms with Crippen LogP contribution in [-0.2, 0) is 19.0 Å². The van der Waals surface area contributed by atoms with Crippen LogP contribution in [0.2, 0.25) is 0 Å². The van der Waals surface area contributed by atoms with Crippen LogP contribution in [0, 0.1) is 5.92 Å². The Morgan fingerprint density at radius 1 is 1.50 bits per heavy atom. The lowest BCUT2D eigenvalue weighted by Crippen LogP contribution is -2.36. The third kappa shape index (κ3) is 2.53. The summed E-state index contributed by atoms with van der Waals surface area (Å²) in [5.74, 6) is -1.11. The van der Waals surface area contributed by atoms with E-state index in [0.29, 0.717) is 19.6 Å². The van der Waals surface area contributed by atoms with Gasteiger partial charge in [-0.1, -0.05) is 0 Å². The molecule has 0 aromatic heterocycles. The van der Waals surface area contributed by atoms with Gasteiger partial charge in [-0.25, -0.2) is 0 Å². The molecule has 2 rings (SSSR count). The average molecular weight is 230 g/mol. The van der Waals surface area contributed by atoms with Crippen LogP contribution >= 0.6 is 0 Å². The van der Waals surface area contributed by atoms with Crippen LogP contribution in [0.15, 0.2) is 0 Å². The van der Waals surface area contributed by atoms with Crippen molar-refractivity contribution >= 4 is 5.97 Å². The average Bonchev–Trinajstić information content (AvgIpc) is 2.84. The molecule has 0 spiro atoms. The van der Waals surface area contributed by atoms with Gasteiger partial charge in [0.25, 0.3) is 0 Å². The van der Waals surface area contributed by atoms with Crippen molar-refractivity contribution in [3.63, 3.8) is 0 Å². The zero-order chi connectivity index (χ0) is 11.6. The number of hydrogen-bond acceptors (Lipinski definition) is 4. The van der Waals surface area contributed by atoms with Crippen LogP contribution < -0.4 is 0 Å². The fourth-order valence-electron chi connectivity index (χ4n) is 2.25. The fraction of sp³-hybridized carbons (Fsp3) is 0.909. The summed E-state index contributed by atoms with van der Waals surface area (Å²) < 4.78 is 16.8. The van der Waals surface area contributed by atoms with Gasteiger partial charge in [-0.05, 0) is 19.8 Å². The van der Waals surface area contributed by atoms with Crippen molar-refractivity contribution in [2.24, 2.45) is 5.92 Å². The molecule has 2 fully saturated rings. The first-order valence-corrected chi connectivity index (χ1v) is 5.71. The molecule has 2 aliphatic rings. The predicted molar refractivity (Wildman–Crippen MR) is 55.0 cm³/mol. The maximum absolute atomic E-state index is 10.5. The largest absolute Gasteiger partial charge is 0.481 e. The Morgan fingerprint density at radius 3 is 2.94 bits per heavy atom. The van der Waals surface area contributed by atoms with E-state index in [1.165, 1.54) is 0 Å². The van der Waals surface area contributed by atoms with Crippen LogP contribution in [0.25, 0.3) is 0 Å². The number of aliphatic carboxylic acids is 1. The molecule has 3 unspecified atom stereocenters. The van der Waals surface area contributed by atoms with Gasteiger partial charge in [0.1, 0.15) is 0 Å². The fourth-order valence-corrected chi connectivity index (χ4v) is 2.25. The Balaban J connectivity index is 1.83. The molecule has 0 radical (unpaired) electrons. The molecule has 16 heavy (non-hydrogen) atoms. The third-order valence-corrected chi connectivity index (χ3v) is 3.31. The maximum Gasteiger partial charge on any atom is 0.303 e. The van der Waals surface area contributed by atoms with Crippen molar-refractivity contribution in [2.45, 2.75) is 38.1 Å². The van der Waals surface area contributed by atoms with E-state index in [-0.39, 0.29) is 18.4 Å². The zero-order valence-electron chi connectivity index (χ0n) is 9.48. The summed E-state index contributed by atoms with van der Waals surface area (Å²) in [6.45, 7) is 3.84. The predicted octanol–water partition coefficient (Wildman–Crippen LogP) is 1.02. The molecule has 0 aromatic carbocycles. The van der Waals surface area contributed by atoms with Crippen LogP contribution in [-0.4, -0.2) is 42.8 Å². The molecule has 5 nitrogen and oxygen atoms in total. The first kappa shape index (κ1) is 11.8. The smallest absolute Gasteiger partial charge is 0.303 e. The molecule has 5 heteroatoms. The normalized spacial score (nSPS) is 39.1. The molecule has 0 aromatic rings. The van der Waals surface area contributed by atoms with Gasteiger partial charge in [0, 0.05) is 18.9 Å². The molecule has 92 valence electrons. The zero-order valence-corrected chi connectivity index (χ0v) is 9.48. The van der Waals surface area contributed by atoms with Crippen molar-refractivity contribution in [1.29, 1.82) is 0 Å². The van der Waals surface area contributed by atoms with E-state index in [9.17, 15) is 4.79 Å². The SMILES string of the molecule is CC1(C2CCOC2)OCC(CCC(=O)O)O1. The van der Waals surface area contributed by atoms with E-state index in [0.717, 1.165) is 13.0 Å². The van der Waals surface area contributed by atoms with Gasteiger partial charge in [-0.2, -0.15) is 0 Å². The van der Waals surface area contributed by atoms with Crippen LogP contribution in [0.3, 0.4) is 0 Å². The summed E-state index contributed by atoms with van der Waals surface area (Å²) in [4.78, 5) is 10.5. The quantitative estimate of drug-likeness (QED) is 0.781. The van der Waals surface area contributed by atoms with Gasteiger partial charge in [0.15, 0.2) is 5.79 Å². The second-order valence-electron chi connectivity index (χ2n) is 4.56. The van der Waals surface area contributed by atoms with Crippen molar-refractivity contribution in [3.8, 4) is 0 Å². The molecule has 0 amide bonds. The standard InChI is InChI=1S/C11H18O5/c1-11(8-4-5-14-6-8)15-7-9(16-11)2-3-10(12)13/h8-9H,2-7H2,1H3,(H,12,13). The number of carboxylic acid groups (broad SMARTS) is 1. The molecule has 0 saturated carbocycles. The van der Waals surface area contributed by atoms with Gasteiger partial charge in [0.2, 0.25) is 0 Å². The maximum atomic E-state index is 10.5. The minimum absolute atomic E-state index is 0.0956. The summed E-state index contributed by atoms with van der Waals surface area (Å²) >= 11 is 0. The molecule has 3 atom stereocenters. The first-order chi connectivity index (χ1) is 7.60. The molecule has 0 bridgehead atoms. The lowest BCUT2D eigenvalue weighted by molar-refractivity contribution is -0.191. The number of carboxylic acids is 1. The second kappa shape index (κ2) is 4.69. The van der Waals surface area contributed by atoms with Crippen LogP contribution in [0.5, 0.6) is 0 Å². The van der Waals surface area contributed by atoms with E-state index in [4.69, 9.17) is 19.3 Å². The summed E-state index contributed by atoms with van der Waals surface area (Å²) in [5, 5.41) is 8.60. The first-order valence-electron chi connectivity index (χ1n) is 5.71. The summed E-state index contributed by atoms with van der Waals surface area (Å²) in [5.41, 5.74) is 0. The van der Waals surface area contributed by atoms with E-state index in [1.54, 1.807) is 0 Å². The highest BCUT2D eigenvalue weighted by molar-refractivity contribution is 5.66. The molecule has 2 saturated heterocycles. The number of hydrogen-bond donors (Lipinski definition) is 1. The van der Waals surface area contributed by atoms with Gasteiger partial charge in [0.05, 0.1) is 19.3 Å². The molecule has 2 aliphatic heterocycles. The highest BCUT2D eigenvalue weighted by atomic mass is 16.7. The Labute approximate surface area is 94.7 Å². The molecular weight excluding hydrogens is 212 g/mol. The van der Waals surface area contributed by atoms with Gasteiger partial charge in [-0.15, -0.1) is 0 Å². The molecular formula is C11H18O5. The van der Waals surface area contributed by atoms with Crippen molar-refractivity contribution in [2.75, 3.05) is 19.8 Å². The molecule has 0 aliphatic carbocycles. The van der Waals surface area contributed by atoms with Gasteiger partial charge in [-0.3, -0.25) is 4.79 Å². The third-order valence-electron chi connectivity index (χ3n) is 3.31. The Kier molecular flexibility index (Phi) is 3.47. The highest BCUT2D eigenvalue weighted by Gasteiger charge is 2.45. The van der Waals surface area contributed by atoms with Gasteiger partial charge >= 0.3 is 5.97 Å². The van der Waals surface area contributed by atoms with Crippen LogP contribution in [0.1, 0.15) is 26.2 Å². The molecule has 1 N–H and O–H groups in total. The van der Waals surface area contributed by atoms with Crippen molar-refractivity contribution in [3.05, 3.63) is 0 Å². The monoisotopic (exact) mass is 230 g/mol. The minimum atomic E-state index is -0.790. The van der Waals surface area contributed by atoms with E-state index < -0.39 is 11.8 Å². The van der Waals surface area contributed by atoms with Gasteiger partial charge < -0.3 is 19.3 Å². The second-order valence-corrected chi connectivity index (χ2v) is 4.56. The number of rotatable bonds is 4. The lowest BCUT2D eigenvalue weighted by Gasteiger charge is -2.28. The number of carbonyl (C=O) groups is 1.